The third kappa shape index (κ3) is 3.85. The van der Waals surface area contributed by atoms with Gasteiger partial charge in [-0.3, -0.25) is 4.79 Å². The molecule has 3 aromatic rings. The third-order valence-electron chi connectivity index (χ3n) is 3.89. The number of amides is 1. The van der Waals surface area contributed by atoms with Gasteiger partial charge in [-0.15, -0.1) is 0 Å². The number of hydrogen-bond donors (Lipinski definition) is 2. The fourth-order valence-electron chi connectivity index (χ4n) is 2.58. The van der Waals surface area contributed by atoms with Gasteiger partial charge in [-0.25, -0.2) is 4.98 Å². The lowest BCUT2D eigenvalue weighted by Crippen LogP contribution is -2.28. The molecule has 26 heavy (non-hydrogen) atoms. The number of benzene rings is 1. The minimum atomic E-state index is -4.49. The Kier molecular flexibility index (Phi) is 4.69. The van der Waals surface area contributed by atoms with E-state index in [2.05, 4.69) is 10.3 Å². The first-order valence-electron chi connectivity index (χ1n) is 7.83. The fourth-order valence-corrected chi connectivity index (χ4v) is 2.58. The molecule has 136 valence electrons. The van der Waals surface area contributed by atoms with Crippen molar-refractivity contribution >= 4 is 11.6 Å². The standard InChI is InChI=1S/C18H16F3N3O2/c1-11-9-24-10-13(5-6-16(24)23-11)17(26)22-8-15(25)12-3-2-4-14(7-12)18(19,20)21/h2-7,9-10,15,25H,8H2,1H3,(H,22,26)/t15-/m1/s1. The van der Waals surface area contributed by atoms with E-state index in [1.165, 1.54) is 12.1 Å². The summed E-state index contributed by atoms with van der Waals surface area (Å²) < 4.78 is 39.9. The summed E-state index contributed by atoms with van der Waals surface area (Å²) >= 11 is 0. The van der Waals surface area contributed by atoms with Gasteiger partial charge in [-0.1, -0.05) is 12.1 Å². The number of carbonyl (C=O) groups is 1. The molecule has 0 spiro atoms. The van der Waals surface area contributed by atoms with Gasteiger partial charge in [0.2, 0.25) is 0 Å². The third-order valence-corrected chi connectivity index (χ3v) is 3.89. The van der Waals surface area contributed by atoms with Crippen LogP contribution in [-0.2, 0) is 6.18 Å². The lowest BCUT2D eigenvalue weighted by molar-refractivity contribution is -0.137. The quantitative estimate of drug-likeness (QED) is 0.748. The zero-order valence-corrected chi connectivity index (χ0v) is 13.8. The van der Waals surface area contributed by atoms with Gasteiger partial charge in [0.25, 0.3) is 5.91 Å². The molecule has 2 heterocycles. The molecule has 0 aliphatic rings. The van der Waals surface area contributed by atoms with Crippen LogP contribution >= 0.6 is 0 Å². The molecule has 3 rings (SSSR count). The second-order valence-electron chi connectivity index (χ2n) is 5.91. The highest BCUT2D eigenvalue weighted by molar-refractivity contribution is 5.94. The highest BCUT2D eigenvalue weighted by Gasteiger charge is 2.30. The number of fused-ring (bicyclic) bond motifs is 1. The van der Waals surface area contributed by atoms with E-state index in [1.54, 1.807) is 28.9 Å². The lowest BCUT2D eigenvalue weighted by Gasteiger charge is -2.14. The van der Waals surface area contributed by atoms with E-state index < -0.39 is 23.8 Å². The van der Waals surface area contributed by atoms with Gasteiger partial charge in [-0.05, 0) is 36.8 Å². The number of alkyl halides is 3. The van der Waals surface area contributed by atoms with Crippen LogP contribution in [0.3, 0.4) is 0 Å². The molecule has 5 nitrogen and oxygen atoms in total. The first-order chi connectivity index (χ1) is 12.2. The molecule has 1 amide bonds. The Balaban J connectivity index is 1.68. The maximum absolute atomic E-state index is 12.7. The maximum atomic E-state index is 12.7. The largest absolute Gasteiger partial charge is 0.416 e. The molecule has 0 fully saturated rings. The average Bonchev–Trinajstić information content (AvgIpc) is 2.97. The molecule has 0 bridgehead atoms. The van der Waals surface area contributed by atoms with E-state index in [-0.39, 0.29) is 12.1 Å². The summed E-state index contributed by atoms with van der Waals surface area (Å²) in [6, 6.07) is 7.68. The first-order valence-corrected chi connectivity index (χ1v) is 7.83. The second kappa shape index (κ2) is 6.80. The van der Waals surface area contributed by atoms with Crippen LogP contribution < -0.4 is 5.32 Å². The number of imidazole rings is 1. The number of carbonyl (C=O) groups excluding carboxylic acids is 1. The van der Waals surface area contributed by atoms with Crippen molar-refractivity contribution in [3.63, 3.8) is 0 Å². The zero-order valence-electron chi connectivity index (χ0n) is 13.8. The van der Waals surface area contributed by atoms with E-state index in [1.807, 2.05) is 6.92 Å². The van der Waals surface area contributed by atoms with Gasteiger partial charge >= 0.3 is 6.18 Å². The number of nitrogens with zero attached hydrogens (tertiary/aromatic N) is 2. The fraction of sp³-hybridized carbons (Fsp3) is 0.222. The zero-order chi connectivity index (χ0) is 18.9. The highest BCUT2D eigenvalue weighted by atomic mass is 19.4. The summed E-state index contributed by atoms with van der Waals surface area (Å²) in [7, 11) is 0. The van der Waals surface area contributed by atoms with Crippen molar-refractivity contribution in [1.29, 1.82) is 0 Å². The van der Waals surface area contributed by atoms with Crippen molar-refractivity contribution in [2.75, 3.05) is 6.54 Å². The van der Waals surface area contributed by atoms with Crippen LogP contribution in [0, 0.1) is 6.92 Å². The molecule has 0 saturated carbocycles. The van der Waals surface area contributed by atoms with Crippen LogP contribution in [0.2, 0.25) is 0 Å². The van der Waals surface area contributed by atoms with Gasteiger partial charge < -0.3 is 14.8 Å². The van der Waals surface area contributed by atoms with Gasteiger partial charge in [0, 0.05) is 18.9 Å². The van der Waals surface area contributed by atoms with E-state index >= 15 is 0 Å². The van der Waals surface area contributed by atoms with Crippen LogP contribution in [0.15, 0.2) is 48.8 Å². The van der Waals surface area contributed by atoms with Crippen LogP contribution in [0.4, 0.5) is 13.2 Å². The van der Waals surface area contributed by atoms with Crippen molar-refractivity contribution in [2.45, 2.75) is 19.2 Å². The molecule has 0 aliphatic heterocycles. The van der Waals surface area contributed by atoms with E-state index in [9.17, 15) is 23.1 Å². The summed E-state index contributed by atoms with van der Waals surface area (Å²) in [5.41, 5.74) is 1.10. The topological polar surface area (TPSA) is 66.6 Å². The molecule has 0 saturated heterocycles. The monoisotopic (exact) mass is 363 g/mol. The number of aliphatic hydroxyl groups excluding tert-OH is 1. The number of aromatic nitrogens is 2. The number of pyridine rings is 1. The molecule has 1 atom stereocenters. The molecule has 0 radical (unpaired) electrons. The molecule has 0 aliphatic carbocycles. The van der Waals surface area contributed by atoms with Crippen LogP contribution in [0.25, 0.3) is 5.65 Å². The van der Waals surface area contributed by atoms with Crippen molar-refractivity contribution < 1.29 is 23.1 Å². The number of rotatable bonds is 4. The minimum Gasteiger partial charge on any atom is -0.387 e. The average molecular weight is 363 g/mol. The smallest absolute Gasteiger partial charge is 0.387 e. The summed E-state index contributed by atoms with van der Waals surface area (Å²) in [5, 5.41) is 12.6. The summed E-state index contributed by atoms with van der Waals surface area (Å²) in [4.78, 5) is 16.5. The molecular weight excluding hydrogens is 347 g/mol. The van der Waals surface area contributed by atoms with Crippen LogP contribution in [-0.4, -0.2) is 26.9 Å². The SMILES string of the molecule is Cc1cn2cc(C(=O)NC[C@@H](O)c3cccc(C(F)(F)F)c3)ccc2n1. The summed E-state index contributed by atoms with van der Waals surface area (Å²) in [6.45, 7) is 1.62. The predicted octanol–water partition coefficient (Wildman–Crippen LogP) is 3.12. The predicted molar refractivity (Wildman–Crippen MR) is 88.7 cm³/mol. The highest BCUT2D eigenvalue weighted by Crippen LogP contribution is 2.30. The Bertz CT molecular complexity index is 950. The lowest BCUT2D eigenvalue weighted by atomic mass is 10.1. The molecule has 2 aromatic heterocycles. The Morgan fingerprint density at radius 3 is 2.77 bits per heavy atom. The van der Waals surface area contributed by atoms with E-state index in [0.29, 0.717) is 11.2 Å². The van der Waals surface area contributed by atoms with Crippen molar-refractivity contribution in [3.8, 4) is 0 Å². The Hall–Kier alpha value is -2.87. The number of halogens is 3. The van der Waals surface area contributed by atoms with E-state index in [0.717, 1.165) is 17.8 Å². The van der Waals surface area contributed by atoms with Gasteiger partial charge in [0.15, 0.2) is 0 Å². The molecule has 1 aromatic carbocycles. The molecule has 0 unspecified atom stereocenters. The Morgan fingerprint density at radius 1 is 1.27 bits per heavy atom. The minimum absolute atomic E-state index is 0.0841. The van der Waals surface area contributed by atoms with Crippen LogP contribution in [0.5, 0.6) is 0 Å². The molecular formula is C18H16F3N3O2. The number of hydrogen-bond acceptors (Lipinski definition) is 3. The summed E-state index contributed by atoms with van der Waals surface area (Å²) in [5.74, 6) is -0.440. The maximum Gasteiger partial charge on any atom is 0.416 e. The van der Waals surface area contributed by atoms with Crippen molar-refractivity contribution in [1.82, 2.24) is 14.7 Å². The Labute approximate surface area is 147 Å². The van der Waals surface area contributed by atoms with Gasteiger partial charge in [0.05, 0.1) is 22.9 Å². The van der Waals surface area contributed by atoms with Gasteiger partial charge in [0.1, 0.15) is 5.65 Å². The summed E-state index contributed by atoms with van der Waals surface area (Å²) in [6.07, 6.45) is -2.37. The van der Waals surface area contributed by atoms with Crippen molar-refractivity contribution in [3.05, 3.63) is 71.2 Å². The normalized spacial score (nSPS) is 13.0. The number of aryl methyl sites for hydroxylation is 1. The second-order valence-corrected chi connectivity index (χ2v) is 5.91. The number of aliphatic hydroxyl groups is 1. The van der Waals surface area contributed by atoms with Gasteiger partial charge in [-0.2, -0.15) is 13.2 Å². The molecule has 8 heteroatoms. The first kappa shape index (κ1) is 17.9. The van der Waals surface area contributed by atoms with Crippen molar-refractivity contribution in [2.24, 2.45) is 0 Å². The van der Waals surface area contributed by atoms with E-state index in [4.69, 9.17) is 0 Å². The Morgan fingerprint density at radius 2 is 2.04 bits per heavy atom. The number of nitrogens with one attached hydrogen (secondary N) is 1. The molecule has 2 N–H and O–H groups in total. The van der Waals surface area contributed by atoms with Crippen LogP contribution in [0.1, 0.15) is 33.3 Å².